The number of ketones is 1. The van der Waals surface area contributed by atoms with Crippen LogP contribution >= 0.6 is 0 Å². The molecule has 2 rings (SSSR count). The van der Waals surface area contributed by atoms with Crippen molar-refractivity contribution in [2.45, 2.75) is 20.3 Å². The van der Waals surface area contributed by atoms with Crippen molar-refractivity contribution in [1.82, 2.24) is 0 Å². The Labute approximate surface area is 111 Å². The van der Waals surface area contributed by atoms with E-state index in [2.05, 4.69) is 4.74 Å². The molecule has 1 aliphatic rings. The van der Waals surface area contributed by atoms with Gasteiger partial charge in [-0.2, -0.15) is 0 Å². The fraction of sp³-hybridized carbons (Fsp3) is 0.357. The Morgan fingerprint density at radius 3 is 2.68 bits per heavy atom. The molecule has 0 spiro atoms. The van der Waals surface area contributed by atoms with Crippen molar-refractivity contribution in [2.24, 2.45) is 0 Å². The molecule has 0 aromatic heterocycles. The van der Waals surface area contributed by atoms with Crippen LogP contribution < -0.4 is 4.90 Å². The van der Waals surface area contributed by atoms with Crippen molar-refractivity contribution in [3.63, 3.8) is 0 Å². The van der Waals surface area contributed by atoms with Gasteiger partial charge in [-0.05, 0) is 37.6 Å². The first kappa shape index (κ1) is 13.3. The molecule has 0 radical (unpaired) electrons. The molecular weight excluding hydrogens is 246 g/mol. The molecule has 19 heavy (non-hydrogen) atoms. The highest BCUT2D eigenvalue weighted by molar-refractivity contribution is 6.40. The Balaban J connectivity index is 2.29. The lowest BCUT2D eigenvalue weighted by atomic mass is 10.1. The second-order valence-electron chi connectivity index (χ2n) is 4.21. The van der Waals surface area contributed by atoms with Crippen LogP contribution in [0.2, 0.25) is 0 Å². The fourth-order valence-electron chi connectivity index (χ4n) is 2.19. The lowest BCUT2D eigenvalue weighted by Crippen LogP contribution is -2.25. The number of carbonyl (C=O) groups is 3. The highest BCUT2D eigenvalue weighted by Crippen LogP contribution is 2.29. The van der Waals surface area contributed by atoms with Crippen LogP contribution in [0.25, 0.3) is 0 Å². The van der Waals surface area contributed by atoms with Gasteiger partial charge in [-0.15, -0.1) is 0 Å². The van der Waals surface area contributed by atoms with Crippen molar-refractivity contribution < 1.29 is 19.1 Å². The number of esters is 1. The van der Waals surface area contributed by atoms with Crippen molar-refractivity contribution in [3.05, 3.63) is 29.3 Å². The van der Waals surface area contributed by atoms with Gasteiger partial charge in [0.25, 0.3) is 5.78 Å². The smallest absolute Gasteiger partial charge is 0.379 e. The van der Waals surface area contributed by atoms with E-state index >= 15 is 0 Å². The number of benzene rings is 1. The topological polar surface area (TPSA) is 63.7 Å². The van der Waals surface area contributed by atoms with Gasteiger partial charge in [-0.25, -0.2) is 4.79 Å². The first-order valence-electron chi connectivity index (χ1n) is 6.23. The summed E-state index contributed by atoms with van der Waals surface area (Å²) in [6, 6.07) is 4.86. The predicted molar refractivity (Wildman–Crippen MR) is 69.1 cm³/mol. The number of Topliss-reactive ketones (excluding diaryl/α,β-unsaturated/α-hetero) is 1. The average molecular weight is 261 g/mol. The maximum absolute atomic E-state index is 11.8. The highest BCUT2D eigenvalue weighted by Gasteiger charge is 2.27. The molecule has 1 heterocycles. The van der Waals surface area contributed by atoms with Crippen LogP contribution in [0.3, 0.4) is 0 Å². The number of hydrogen-bond donors (Lipinski definition) is 0. The highest BCUT2D eigenvalue weighted by atomic mass is 16.5. The summed E-state index contributed by atoms with van der Waals surface area (Å²) >= 11 is 0. The monoisotopic (exact) mass is 261 g/mol. The Morgan fingerprint density at radius 2 is 2.05 bits per heavy atom. The Morgan fingerprint density at radius 1 is 1.32 bits per heavy atom. The standard InChI is InChI=1S/C14H15NO4/c1-3-15-11-6-5-9(7-10(11)8-12(15)16)13(17)14(18)19-4-2/h5-7H,3-4,8H2,1-2H3. The average Bonchev–Trinajstić information content (AvgIpc) is 2.72. The Hall–Kier alpha value is -2.17. The van der Waals surface area contributed by atoms with E-state index in [9.17, 15) is 14.4 Å². The second-order valence-corrected chi connectivity index (χ2v) is 4.21. The summed E-state index contributed by atoms with van der Waals surface area (Å²) in [7, 11) is 0. The lowest BCUT2D eigenvalue weighted by Gasteiger charge is -2.14. The maximum Gasteiger partial charge on any atom is 0.379 e. The number of carbonyl (C=O) groups excluding carboxylic acids is 3. The summed E-state index contributed by atoms with van der Waals surface area (Å²) in [6.07, 6.45) is 0.271. The molecule has 5 nitrogen and oxygen atoms in total. The van der Waals surface area contributed by atoms with E-state index in [1.54, 1.807) is 30.0 Å². The number of anilines is 1. The zero-order valence-electron chi connectivity index (χ0n) is 10.9. The van der Waals surface area contributed by atoms with Gasteiger partial charge in [0.05, 0.1) is 13.0 Å². The van der Waals surface area contributed by atoms with E-state index in [4.69, 9.17) is 0 Å². The number of amides is 1. The van der Waals surface area contributed by atoms with E-state index < -0.39 is 11.8 Å². The summed E-state index contributed by atoms with van der Waals surface area (Å²) in [5.74, 6) is -1.52. The number of likely N-dealkylation sites (N-methyl/N-ethyl adjacent to an activating group) is 1. The minimum absolute atomic E-state index is 0.0123. The van der Waals surface area contributed by atoms with E-state index in [0.29, 0.717) is 6.54 Å². The number of nitrogens with zero attached hydrogens (tertiary/aromatic N) is 1. The van der Waals surface area contributed by atoms with Crippen molar-refractivity contribution in [3.8, 4) is 0 Å². The van der Waals surface area contributed by atoms with Crippen molar-refractivity contribution in [2.75, 3.05) is 18.1 Å². The molecule has 0 N–H and O–H groups in total. The van der Waals surface area contributed by atoms with E-state index in [0.717, 1.165) is 11.3 Å². The SMILES string of the molecule is CCOC(=O)C(=O)c1ccc2c(c1)CC(=O)N2CC. The van der Waals surface area contributed by atoms with Gasteiger partial charge in [-0.3, -0.25) is 9.59 Å². The minimum Gasteiger partial charge on any atom is -0.460 e. The molecule has 1 aromatic rings. The molecule has 0 atom stereocenters. The van der Waals surface area contributed by atoms with E-state index in [1.165, 1.54) is 0 Å². The summed E-state index contributed by atoms with van der Waals surface area (Å²) < 4.78 is 4.68. The second kappa shape index (κ2) is 5.22. The van der Waals surface area contributed by atoms with Gasteiger partial charge >= 0.3 is 5.97 Å². The van der Waals surface area contributed by atoms with E-state index in [-0.39, 0.29) is 24.5 Å². The molecule has 100 valence electrons. The van der Waals surface area contributed by atoms with E-state index in [1.807, 2.05) is 6.92 Å². The number of hydrogen-bond acceptors (Lipinski definition) is 4. The first-order chi connectivity index (χ1) is 9.08. The zero-order chi connectivity index (χ0) is 14.0. The van der Waals surface area contributed by atoms with Crippen LogP contribution in [0.15, 0.2) is 18.2 Å². The predicted octanol–water partition coefficient (Wildman–Crippen LogP) is 1.34. The van der Waals surface area contributed by atoms with Crippen LogP contribution in [0.4, 0.5) is 5.69 Å². The molecule has 0 saturated carbocycles. The van der Waals surface area contributed by atoms with Crippen molar-refractivity contribution >= 4 is 23.3 Å². The number of fused-ring (bicyclic) bond motifs is 1. The molecule has 0 aliphatic carbocycles. The molecule has 0 unspecified atom stereocenters. The quantitative estimate of drug-likeness (QED) is 0.466. The van der Waals surface area contributed by atoms with Crippen LogP contribution in [0.1, 0.15) is 29.8 Å². The first-order valence-corrected chi connectivity index (χ1v) is 6.23. The summed E-state index contributed by atoms with van der Waals surface area (Å²) in [5.41, 5.74) is 1.86. The normalized spacial score (nSPS) is 13.4. The third-order valence-corrected chi connectivity index (χ3v) is 3.05. The largest absolute Gasteiger partial charge is 0.460 e. The number of ether oxygens (including phenoxy) is 1. The summed E-state index contributed by atoms with van der Waals surface area (Å²) in [4.78, 5) is 36.6. The van der Waals surface area contributed by atoms with Gasteiger partial charge in [0.1, 0.15) is 0 Å². The van der Waals surface area contributed by atoms with Gasteiger partial charge in [0, 0.05) is 17.8 Å². The van der Waals surface area contributed by atoms with Crippen LogP contribution in [0, 0.1) is 0 Å². The van der Waals surface area contributed by atoms with Gasteiger partial charge in [0.2, 0.25) is 5.91 Å². The summed E-state index contributed by atoms with van der Waals surface area (Å²) in [6.45, 7) is 4.30. The molecule has 5 heteroatoms. The molecule has 1 aliphatic heterocycles. The third kappa shape index (κ3) is 2.36. The van der Waals surface area contributed by atoms with Crippen molar-refractivity contribution in [1.29, 1.82) is 0 Å². The molecular formula is C14H15NO4. The maximum atomic E-state index is 11.8. The Kier molecular flexibility index (Phi) is 3.64. The Bertz CT molecular complexity index is 550. The molecule has 0 bridgehead atoms. The molecule has 0 fully saturated rings. The minimum atomic E-state index is -0.862. The molecule has 1 aromatic carbocycles. The molecule has 0 saturated heterocycles. The number of rotatable bonds is 4. The van der Waals surface area contributed by atoms with Gasteiger partial charge < -0.3 is 9.64 Å². The fourth-order valence-corrected chi connectivity index (χ4v) is 2.19. The van der Waals surface area contributed by atoms with Crippen LogP contribution in [-0.2, 0) is 20.7 Å². The van der Waals surface area contributed by atoms with Crippen LogP contribution in [-0.4, -0.2) is 30.8 Å². The van der Waals surface area contributed by atoms with Gasteiger partial charge in [0.15, 0.2) is 0 Å². The summed E-state index contributed by atoms with van der Waals surface area (Å²) in [5, 5.41) is 0. The lowest BCUT2D eigenvalue weighted by molar-refractivity contribution is -0.137. The van der Waals surface area contributed by atoms with Crippen LogP contribution in [0.5, 0.6) is 0 Å². The van der Waals surface area contributed by atoms with Gasteiger partial charge in [-0.1, -0.05) is 0 Å². The molecule has 1 amide bonds. The zero-order valence-corrected chi connectivity index (χ0v) is 10.9. The third-order valence-electron chi connectivity index (χ3n) is 3.05.